The predicted molar refractivity (Wildman–Crippen MR) is 84.5 cm³/mol. The average Bonchev–Trinajstić information content (AvgIpc) is 2.52. The first kappa shape index (κ1) is 16.6. The van der Waals surface area contributed by atoms with Gasteiger partial charge in [0.15, 0.2) is 0 Å². The number of thioether (sulfide) groups is 1. The Kier molecular flexibility index (Phi) is 6.83. The van der Waals surface area contributed by atoms with Gasteiger partial charge in [0.2, 0.25) is 5.91 Å². The van der Waals surface area contributed by atoms with Crippen molar-refractivity contribution in [3.8, 4) is 0 Å². The van der Waals surface area contributed by atoms with E-state index in [1.165, 1.54) is 0 Å². The number of amides is 1. The number of aliphatic carboxylic acids is 1. The van der Waals surface area contributed by atoms with Gasteiger partial charge in [-0.1, -0.05) is 0 Å². The Hall–Kier alpha value is -0.750. The van der Waals surface area contributed by atoms with Crippen LogP contribution in [0.3, 0.4) is 0 Å². The smallest absolute Gasteiger partial charge is 0.303 e. The minimum Gasteiger partial charge on any atom is -0.481 e. The molecule has 120 valence electrons. The van der Waals surface area contributed by atoms with Gasteiger partial charge in [-0.05, 0) is 51.1 Å². The fraction of sp³-hybridized carbons (Fsp3) is 0.867. The maximum absolute atomic E-state index is 12.2. The van der Waals surface area contributed by atoms with Crippen molar-refractivity contribution in [2.45, 2.75) is 43.8 Å². The fourth-order valence-electron chi connectivity index (χ4n) is 3.04. The van der Waals surface area contributed by atoms with Crippen LogP contribution in [0.25, 0.3) is 0 Å². The van der Waals surface area contributed by atoms with Crippen LogP contribution >= 0.6 is 11.8 Å². The second-order valence-electron chi connectivity index (χ2n) is 6.02. The minimum atomic E-state index is -0.716. The molecule has 0 aromatic heterocycles. The van der Waals surface area contributed by atoms with Crippen LogP contribution in [0.1, 0.15) is 38.5 Å². The number of rotatable bonds is 6. The zero-order valence-electron chi connectivity index (χ0n) is 12.6. The monoisotopic (exact) mass is 314 g/mol. The summed E-state index contributed by atoms with van der Waals surface area (Å²) in [6.45, 7) is 3.74. The third-order valence-corrected chi connectivity index (χ3v) is 5.82. The van der Waals surface area contributed by atoms with Gasteiger partial charge in [-0.25, -0.2) is 0 Å². The number of nitrogens with one attached hydrogen (secondary N) is 1. The minimum absolute atomic E-state index is 0.254. The molecular formula is C15H26N2O3S. The van der Waals surface area contributed by atoms with Crippen molar-refractivity contribution in [3.05, 3.63) is 0 Å². The molecule has 2 rings (SSSR count). The van der Waals surface area contributed by atoms with E-state index in [0.717, 1.165) is 58.3 Å². The van der Waals surface area contributed by atoms with Crippen LogP contribution < -0.4 is 5.32 Å². The second kappa shape index (κ2) is 8.63. The maximum atomic E-state index is 12.2. The first-order valence-corrected chi connectivity index (χ1v) is 9.02. The van der Waals surface area contributed by atoms with E-state index in [2.05, 4.69) is 5.32 Å². The SMILES string of the molecule is O=C(O)CCC1CCN(C(=O)CSC2CCNCC2)CC1. The van der Waals surface area contributed by atoms with Crippen molar-refractivity contribution < 1.29 is 14.7 Å². The van der Waals surface area contributed by atoms with Crippen molar-refractivity contribution in [2.24, 2.45) is 5.92 Å². The molecule has 0 radical (unpaired) electrons. The molecule has 2 N–H and O–H groups in total. The molecule has 2 aliphatic heterocycles. The molecule has 0 bridgehead atoms. The Labute approximate surface area is 130 Å². The van der Waals surface area contributed by atoms with Crippen LogP contribution in [0, 0.1) is 5.92 Å². The summed E-state index contributed by atoms with van der Waals surface area (Å²) in [6, 6.07) is 0. The Morgan fingerprint density at radius 2 is 1.81 bits per heavy atom. The Balaban J connectivity index is 1.62. The summed E-state index contributed by atoms with van der Waals surface area (Å²) in [5, 5.41) is 12.7. The zero-order chi connectivity index (χ0) is 15.1. The van der Waals surface area contributed by atoms with Gasteiger partial charge in [-0.2, -0.15) is 0 Å². The summed E-state index contributed by atoms with van der Waals surface area (Å²) in [4.78, 5) is 24.8. The molecule has 21 heavy (non-hydrogen) atoms. The molecule has 6 heteroatoms. The highest BCUT2D eigenvalue weighted by atomic mass is 32.2. The standard InChI is InChI=1S/C15H26N2O3S/c18-14(11-21-13-3-7-16-8-4-13)17-9-5-12(6-10-17)1-2-15(19)20/h12-13,16H,1-11H2,(H,19,20). The summed E-state index contributed by atoms with van der Waals surface area (Å²) in [6.07, 6.45) is 5.24. The first-order chi connectivity index (χ1) is 10.1. The van der Waals surface area contributed by atoms with Gasteiger partial charge in [0, 0.05) is 24.8 Å². The molecule has 0 aromatic carbocycles. The van der Waals surface area contributed by atoms with E-state index in [-0.39, 0.29) is 12.3 Å². The number of carbonyl (C=O) groups is 2. The molecule has 0 saturated carbocycles. The lowest BCUT2D eigenvalue weighted by Gasteiger charge is -2.32. The van der Waals surface area contributed by atoms with Crippen molar-refractivity contribution in [2.75, 3.05) is 31.9 Å². The molecule has 1 amide bonds. The summed E-state index contributed by atoms with van der Waals surface area (Å²) >= 11 is 1.81. The Morgan fingerprint density at radius 3 is 2.43 bits per heavy atom. The molecule has 2 saturated heterocycles. The summed E-state index contributed by atoms with van der Waals surface area (Å²) in [7, 11) is 0. The van der Waals surface area contributed by atoms with Crippen LogP contribution in [0.4, 0.5) is 0 Å². The molecule has 0 aromatic rings. The second-order valence-corrected chi connectivity index (χ2v) is 7.31. The van der Waals surface area contributed by atoms with Crippen LogP contribution in [0.5, 0.6) is 0 Å². The quantitative estimate of drug-likeness (QED) is 0.779. The lowest BCUT2D eigenvalue weighted by atomic mass is 9.92. The number of likely N-dealkylation sites (tertiary alicyclic amines) is 1. The number of carbonyl (C=O) groups excluding carboxylic acids is 1. The zero-order valence-corrected chi connectivity index (χ0v) is 13.4. The molecule has 5 nitrogen and oxygen atoms in total. The lowest BCUT2D eigenvalue weighted by Crippen LogP contribution is -2.40. The van der Waals surface area contributed by atoms with Crippen LogP contribution in [-0.4, -0.2) is 59.1 Å². The van der Waals surface area contributed by atoms with E-state index in [1.54, 1.807) is 11.8 Å². The summed E-state index contributed by atoms with van der Waals surface area (Å²) in [5.41, 5.74) is 0. The van der Waals surface area contributed by atoms with E-state index in [0.29, 0.717) is 16.9 Å². The van der Waals surface area contributed by atoms with Crippen molar-refractivity contribution in [3.63, 3.8) is 0 Å². The van der Waals surface area contributed by atoms with Gasteiger partial charge in [-0.3, -0.25) is 9.59 Å². The van der Waals surface area contributed by atoms with Crippen LogP contribution in [0.2, 0.25) is 0 Å². The molecule has 2 heterocycles. The van der Waals surface area contributed by atoms with E-state index in [9.17, 15) is 9.59 Å². The number of hydrogen-bond donors (Lipinski definition) is 2. The number of carboxylic acid groups (broad SMARTS) is 1. The van der Waals surface area contributed by atoms with Gasteiger partial charge in [0.1, 0.15) is 0 Å². The average molecular weight is 314 g/mol. The fourth-order valence-corrected chi connectivity index (χ4v) is 4.17. The molecular weight excluding hydrogens is 288 g/mol. The molecule has 2 aliphatic rings. The Bertz CT molecular complexity index is 351. The third kappa shape index (κ3) is 5.87. The van der Waals surface area contributed by atoms with E-state index in [1.807, 2.05) is 4.90 Å². The van der Waals surface area contributed by atoms with E-state index < -0.39 is 5.97 Å². The van der Waals surface area contributed by atoms with Gasteiger partial charge >= 0.3 is 5.97 Å². The highest BCUT2D eigenvalue weighted by Gasteiger charge is 2.24. The van der Waals surface area contributed by atoms with Crippen LogP contribution in [-0.2, 0) is 9.59 Å². The molecule has 2 fully saturated rings. The number of piperidine rings is 2. The van der Waals surface area contributed by atoms with E-state index in [4.69, 9.17) is 5.11 Å². The highest BCUT2D eigenvalue weighted by molar-refractivity contribution is 8.00. The third-order valence-electron chi connectivity index (χ3n) is 4.46. The normalized spacial score (nSPS) is 21.4. The molecule has 0 spiro atoms. The summed E-state index contributed by atoms with van der Waals surface area (Å²) < 4.78 is 0. The topological polar surface area (TPSA) is 69.6 Å². The van der Waals surface area contributed by atoms with Gasteiger partial charge in [0.05, 0.1) is 5.75 Å². The van der Waals surface area contributed by atoms with Gasteiger partial charge < -0.3 is 15.3 Å². The molecule has 0 aliphatic carbocycles. The van der Waals surface area contributed by atoms with Crippen molar-refractivity contribution in [1.29, 1.82) is 0 Å². The lowest BCUT2D eigenvalue weighted by molar-refractivity contribution is -0.137. The number of nitrogens with zero attached hydrogens (tertiary/aromatic N) is 1. The van der Waals surface area contributed by atoms with E-state index >= 15 is 0 Å². The number of hydrogen-bond acceptors (Lipinski definition) is 4. The van der Waals surface area contributed by atoms with Crippen LogP contribution in [0.15, 0.2) is 0 Å². The molecule has 0 atom stereocenters. The van der Waals surface area contributed by atoms with Crippen molar-refractivity contribution >= 4 is 23.6 Å². The van der Waals surface area contributed by atoms with Gasteiger partial charge in [-0.15, -0.1) is 11.8 Å². The summed E-state index contributed by atoms with van der Waals surface area (Å²) in [5.74, 6) is 0.620. The Morgan fingerprint density at radius 1 is 1.14 bits per heavy atom. The van der Waals surface area contributed by atoms with Gasteiger partial charge in [0.25, 0.3) is 0 Å². The maximum Gasteiger partial charge on any atom is 0.303 e. The van der Waals surface area contributed by atoms with Crippen molar-refractivity contribution in [1.82, 2.24) is 10.2 Å². The highest BCUT2D eigenvalue weighted by Crippen LogP contribution is 2.24. The number of carboxylic acids is 1. The molecule has 0 unspecified atom stereocenters. The largest absolute Gasteiger partial charge is 0.481 e. The first-order valence-electron chi connectivity index (χ1n) is 7.97. The predicted octanol–water partition coefficient (Wildman–Crippen LogP) is 1.57.